The Morgan fingerprint density at radius 2 is 1.80 bits per heavy atom. The number of nitrogens with one attached hydrogen (secondary N) is 1. The number of rotatable bonds is 3. The summed E-state index contributed by atoms with van der Waals surface area (Å²) in [6.45, 7) is 6.63. The fourth-order valence-corrected chi connectivity index (χ4v) is 1.06. The lowest BCUT2D eigenvalue weighted by atomic mass is 9.85. The smallest absolute Gasteiger partial charge is 0.407 e. The summed E-state index contributed by atoms with van der Waals surface area (Å²) in [5.41, 5.74) is -0.622. The predicted molar refractivity (Wildman–Crippen MR) is 55.5 cm³/mol. The first kappa shape index (κ1) is 13.9. The monoisotopic (exact) mass is 217 g/mol. The van der Waals surface area contributed by atoms with Crippen molar-refractivity contribution in [2.24, 2.45) is 5.41 Å². The molecule has 15 heavy (non-hydrogen) atoms. The third-order valence-electron chi connectivity index (χ3n) is 1.96. The van der Waals surface area contributed by atoms with Gasteiger partial charge in [0.2, 0.25) is 0 Å². The maximum atomic E-state index is 11.8. The van der Waals surface area contributed by atoms with Gasteiger partial charge in [0.05, 0.1) is 13.2 Å². The van der Waals surface area contributed by atoms with Crippen LogP contribution in [0.5, 0.6) is 0 Å². The molecule has 0 saturated heterocycles. The Morgan fingerprint density at radius 1 is 1.33 bits per heavy atom. The minimum atomic E-state index is -0.948. The van der Waals surface area contributed by atoms with Crippen molar-refractivity contribution >= 4 is 11.9 Å². The maximum absolute atomic E-state index is 11.8. The van der Waals surface area contributed by atoms with E-state index in [1.807, 2.05) is 0 Å². The first-order valence-corrected chi connectivity index (χ1v) is 4.77. The van der Waals surface area contributed by atoms with Gasteiger partial charge in [0.1, 0.15) is 6.04 Å². The van der Waals surface area contributed by atoms with Crippen LogP contribution in [-0.2, 0) is 9.53 Å². The number of ether oxygens (including phenoxy) is 1. The van der Waals surface area contributed by atoms with Crippen molar-refractivity contribution in [3.05, 3.63) is 0 Å². The molecule has 0 radical (unpaired) electrons. The molecule has 0 aliphatic carbocycles. The van der Waals surface area contributed by atoms with Crippen LogP contribution in [0.1, 0.15) is 27.7 Å². The van der Waals surface area contributed by atoms with Crippen LogP contribution in [0.15, 0.2) is 0 Å². The van der Waals surface area contributed by atoms with Gasteiger partial charge >= 0.3 is 6.09 Å². The quantitative estimate of drug-likeness (QED) is 0.730. The molecular formula is C10H19NO4. The Morgan fingerprint density at radius 3 is 2.07 bits per heavy atom. The number of alkyl carbamates (subject to hydrolysis) is 1. The van der Waals surface area contributed by atoms with Crippen LogP contribution in [0.2, 0.25) is 0 Å². The van der Waals surface area contributed by atoms with E-state index in [4.69, 9.17) is 0 Å². The zero-order valence-electron chi connectivity index (χ0n) is 9.83. The Kier molecular flexibility index (Phi) is 4.74. The number of Topliss-reactive ketones (excluding diaryl/α,β-unsaturated/α-hetero) is 1. The molecule has 0 aliphatic rings. The Hall–Kier alpha value is -1.10. The van der Waals surface area contributed by atoms with Crippen molar-refractivity contribution in [1.82, 2.24) is 5.32 Å². The number of aliphatic hydroxyl groups is 1. The second-order valence-corrected chi connectivity index (χ2v) is 4.47. The van der Waals surface area contributed by atoms with Crippen LogP contribution >= 0.6 is 0 Å². The van der Waals surface area contributed by atoms with E-state index in [1.165, 1.54) is 14.0 Å². The van der Waals surface area contributed by atoms with Gasteiger partial charge in [-0.25, -0.2) is 4.79 Å². The standard InChI is InChI=1S/C10H19NO4/c1-6(12)7(11-9(14)15-5)8(13)10(2,3)4/h6-7,12H,1-5H3,(H,11,14)/t6-,7+/m0/s1. The van der Waals surface area contributed by atoms with Crippen LogP contribution in [0.25, 0.3) is 0 Å². The Bertz CT molecular complexity index is 242. The molecule has 0 saturated carbocycles. The van der Waals surface area contributed by atoms with E-state index in [2.05, 4.69) is 10.1 Å². The summed E-state index contributed by atoms with van der Waals surface area (Å²) in [5, 5.41) is 11.7. The molecule has 0 aromatic rings. The highest BCUT2D eigenvalue weighted by Gasteiger charge is 2.33. The molecule has 0 aliphatic heterocycles. The molecule has 88 valence electrons. The Labute approximate surface area is 89.8 Å². The summed E-state index contributed by atoms with van der Waals surface area (Å²) < 4.78 is 4.38. The summed E-state index contributed by atoms with van der Waals surface area (Å²) in [4.78, 5) is 22.8. The van der Waals surface area contributed by atoms with Crippen molar-refractivity contribution in [3.8, 4) is 0 Å². The van der Waals surface area contributed by atoms with E-state index in [-0.39, 0.29) is 5.78 Å². The molecule has 1 amide bonds. The number of ketones is 1. The second-order valence-electron chi connectivity index (χ2n) is 4.47. The van der Waals surface area contributed by atoms with E-state index >= 15 is 0 Å². The van der Waals surface area contributed by atoms with Crippen molar-refractivity contribution in [3.63, 3.8) is 0 Å². The van der Waals surface area contributed by atoms with E-state index in [1.54, 1.807) is 20.8 Å². The number of hydrogen-bond acceptors (Lipinski definition) is 4. The fourth-order valence-electron chi connectivity index (χ4n) is 1.06. The zero-order chi connectivity index (χ0) is 12.2. The minimum Gasteiger partial charge on any atom is -0.453 e. The highest BCUT2D eigenvalue weighted by molar-refractivity contribution is 5.91. The lowest BCUT2D eigenvalue weighted by molar-refractivity contribution is -0.130. The minimum absolute atomic E-state index is 0.233. The molecule has 5 heteroatoms. The van der Waals surface area contributed by atoms with Gasteiger partial charge in [0, 0.05) is 5.41 Å². The third-order valence-corrected chi connectivity index (χ3v) is 1.96. The van der Waals surface area contributed by atoms with Gasteiger partial charge in [-0.15, -0.1) is 0 Å². The first-order chi connectivity index (χ1) is 6.70. The summed E-state index contributed by atoms with van der Waals surface area (Å²) in [7, 11) is 1.20. The molecule has 0 aromatic carbocycles. The van der Waals surface area contributed by atoms with Crippen molar-refractivity contribution in [1.29, 1.82) is 0 Å². The normalized spacial score (nSPS) is 15.3. The lowest BCUT2D eigenvalue weighted by Crippen LogP contribution is -2.51. The molecule has 2 atom stereocenters. The predicted octanol–water partition coefficient (Wildman–Crippen LogP) is 0.707. The summed E-state index contributed by atoms with van der Waals surface area (Å²) >= 11 is 0. The molecule has 0 heterocycles. The molecule has 0 fully saturated rings. The molecule has 2 N–H and O–H groups in total. The van der Waals surface area contributed by atoms with E-state index in [0.717, 1.165) is 0 Å². The van der Waals surface area contributed by atoms with Gasteiger partial charge in [0.25, 0.3) is 0 Å². The van der Waals surface area contributed by atoms with Crippen LogP contribution in [0.4, 0.5) is 4.79 Å². The second kappa shape index (κ2) is 5.11. The maximum Gasteiger partial charge on any atom is 0.407 e. The number of hydrogen-bond donors (Lipinski definition) is 2. The van der Waals surface area contributed by atoms with Crippen LogP contribution in [-0.4, -0.2) is 36.2 Å². The summed E-state index contributed by atoms with van der Waals surface area (Å²) in [6.07, 6.45) is -1.67. The van der Waals surface area contributed by atoms with E-state index in [9.17, 15) is 14.7 Å². The summed E-state index contributed by atoms with van der Waals surface area (Å²) in [5.74, 6) is -0.233. The number of amides is 1. The van der Waals surface area contributed by atoms with Crippen LogP contribution < -0.4 is 5.32 Å². The first-order valence-electron chi connectivity index (χ1n) is 4.77. The number of methoxy groups -OCH3 is 1. The van der Waals surface area contributed by atoms with Crippen LogP contribution in [0.3, 0.4) is 0 Å². The SMILES string of the molecule is COC(=O)N[C@@H](C(=O)C(C)(C)C)[C@H](C)O. The van der Waals surface area contributed by atoms with Gasteiger partial charge in [0.15, 0.2) is 5.78 Å². The topological polar surface area (TPSA) is 75.6 Å². The van der Waals surface area contributed by atoms with Gasteiger partial charge < -0.3 is 15.2 Å². The van der Waals surface area contributed by atoms with Crippen molar-refractivity contribution in [2.45, 2.75) is 39.8 Å². The van der Waals surface area contributed by atoms with Crippen molar-refractivity contribution in [2.75, 3.05) is 7.11 Å². The van der Waals surface area contributed by atoms with E-state index < -0.39 is 23.7 Å². The molecular weight excluding hydrogens is 198 g/mol. The van der Waals surface area contributed by atoms with Gasteiger partial charge in [-0.05, 0) is 6.92 Å². The van der Waals surface area contributed by atoms with Crippen molar-refractivity contribution < 1.29 is 19.4 Å². The van der Waals surface area contributed by atoms with Gasteiger partial charge in [-0.2, -0.15) is 0 Å². The lowest BCUT2D eigenvalue weighted by Gasteiger charge is -2.26. The highest BCUT2D eigenvalue weighted by atomic mass is 16.5. The van der Waals surface area contributed by atoms with Crippen LogP contribution in [0, 0.1) is 5.41 Å². The van der Waals surface area contributed by atoms with Gasteiger partial charge in [-0.3, -0.25) is 4.79 Å². The van der Waals surface area contributed by atoms with E-state index in [0.29, 0.717) is 0 Å². The molecule has 5 nitrogen and oxygen atoms in total. The molecule has 0 unspecified atom stereocenters. The fraction of sp³-hybridized carbons (Fsp3) is 0.800. The third kappa shape index (κ3) is 4.29. The molecule has 0 bridgehead atoms. The Balaban J connectivity index is 4.68. The zero-order valence-corrected chi connectivity index (χ0v) is 9.83. The van der Waals surface area contributed by atoms with Gasteiger partial charge in [-0.1, -0.05) is 20.8 Å². The number of carbonyl (C=O) groups excluding carboxylic acids is 2. The summed E-state index contributed by atoms with van der Waals surface area (Å²) in [6, 6.07) is -0.933. The average molecular weight is 217 g/mol. The number of aliphatic hydroxyl groups excluding tert-OH is 1. The average Bonchev–Trinajstić information content (AvgIpc) is 2.10. The molecule has 0 spiro atoms. The molecule has 0 rings (SSSR count). The highest BCUT2D eigenvalue weighted by Crippen LogP contribution is 2.18. The number of carbonyl (C=O) groups is 2. The largest absolute Gasteiger partial charge is 0.453 e. The molecule has 0 aromatic heterocycles.